The van der Waals surface area contributed by atoms with Crippen LogP contribution < -0.4 is 19.9 Å². The Morgan fingerprint density at radius 3 is 2.44 bits per heavy atom. The summed E-state index contributed by atoms with van der Waals surface area (Å²) >= 11 is 0. The van der Waals surface area contributed by atoms with Gasteiger partial charge in [-0.3, -0.25) is 19.4 Å². The number of nitrogens with one attached hydrogen (secondary N) is 1. The van der Waals surface area contributed by atoms with Gasteiger partial charge in [0.2, 0.25) is 11.8 Å². The van der Waals surface area contributed by atoms with Gasteiger partial charge in [0.05, 0.1) is 23.5 Å². The first-order valence-electron chi connectivity index (χ1n) is 15.2. The Morgan fingerprint density at radius 1 is 1.02 bits per heavy atom. The SMILES string of the molecule is CCN1C(=O)C(C)(C)C(=O)N(C)c2cc(OCCCc3cc(CNCCN(C)C(=O)c4cccc(C(F)(F)F)c4)ccn3)ccc21.Cl.Cl. The average molecular weight is 713 g/mol. The Hall–Kier alpha value is -3.87. The Balaban J connectivity index is 0.00000400. The highest BCUT2D eigenvalue weighted by atomic mass is 35.5. The Kier molecular flexibility index (Phi) is 14.3. The zero-order valence-corrected chi connectivity index (χ0v) is 29.2. The summed E-state index contributed by atoms with van der Waals surface area (Å²) in [6.07, 6.45) is -1.40. The highest BCUT2D eigenvalue weighted by Gasteiger charge is 2.45. The van der Waals surface area contributed by atoms with Crippen LogP contribution in [0.1, 0.15) is 54.4 Å². The summed E-state index contributed by atoms with van der Waals surface area (Å²) in [4.78, 5) is 47.7. The van der Waals surface area contributed by atoms with Crippen molar-refractivity contribution in [3.63, 3.8) is 0 Å². The number of aryl methyl sites for hydroxylation is 1. The van der Waals surface area contributed by atoms with Crippen molar-refractivity contribution in [3.05, 3.63) is 83.2 Å². The summed E-state index contributed by atoms with van der Waals surface area (Å²) < 4.78 is 45.0. The number of alkyl halides is 3. The first kappa shape index (κ1) is 40.3. The third-order valence-corrected chi connectivity index (χ3v) is 8.00. The van der Waals surface area contributed by atoms with Gasteiger partial charge in [0.25, 0.3) is 5.91 Å². The van der Waals surface area contributed by atoms with Gasteiger partial charge < -0.3 is 24.8 Å². The maximum Gasteiger partial charge on any atom is 0.416 e. The third-order valence-electron chi connectivity index (χ3n) is 8.00. The van der Waals surface area contributed by atoms with Gasteiger partial charge in [-0.15, -0.1) is 24.8 Å². The molecule has 2 aromatic carbocycles. The molecule has 3 aromatic rings. The van der Waals surface area contributed by atoms with Gasteiger partial charge in [0.1, 0.15) is 11.2 Å². The lowest BCUT2D eigenvalue weighted by molar-refractivity contribution is -0.138. The van der Waals surface area contributed by atoms with Gasteiger partial charge >= 0.3 is 6.18 Å². The minimum absolute atomic E-state index is 0. The second kappa shape index (κ2) is 17.0. The van der Waals surface area contributed by atoms with Gasteiger partial charge in [-0.1, -0.05) is 6.07 Å². The molecule has 1 aromatic heterocycles. The first-order chi connectivity index (χ1) is 21.7. The molecule has 14 heteroatoms. The minimum Gasteiger partial charge on any atom is -0.494 e. The summed E-state index contributed by atoms with van der Waals surface area (Å²) in [7, 11) is 3.23. The van der Waals surface area contributed by atoms with E-state index in [1.165, 1.54) is 21.9 Å². The Morgan fingerprint density at radius 2 is 1.75 bits per heavy atom. The number of ether oxygens (including phenoxy) is 1. The molecule has 48 heavy (non-hydrogen) atoms. The number of aromatic nitrogens is 1. The molecule has 0 aliphatic carbocycles. The van der Waals surface area contributed by atoms with E-state index in [1.807, 2.05) is 25.1 Å². The zero-order chi connectivity index (χ0) is 33.6. The van der Waals surface area contributed by atoms with Gasteiger partial charge in [0, 0.05) is 63.8 Å². The van der Waals surface area contributed by atoms with E-state index in [0.29, 0.717) is 62.8 Å². The van der Waals surface area contributed by atoms with E-state index in [9.17, 15) is 27.6 Å². The fraction of sp³-hybridized carbons (Fsp3) is 0.412. The van der Waals surface area contributed by atoms with Crippen LogP contribution in [0, 0.1) is 5.41 Å². The highest BCUT2D eigenvalue weighted by molar-refractivity contribution is 6.20. The number of nitrogens with zero attached hydrogens (tertiary/aromatic N) is 4. The molecule has 0 fully saturated rings. The van der Waals surface area contributed by atoms with Crippen molar-refractivity contribution in [1.29, 1.82) is 0 Å². The second-order valence-corrected chi connectivity index (χ2v) is 11.8. The maximum atomic E-state index is 13.1. The molecule has 0 spiro atoms. The number of anilines is 2. The molecule has 0 unspecified atom stereocenters. The molecule has 0 saturated carbocycles. The number of fused-ring (bicyclic) bond motifs is 1. The number of pyridine rings is 1. The summed E-state index contributed by atoms with van der Waals surface area (Å²) in [5.74, 6) is -0.387. The standard InChI is InChI=1S/C34H40F3N5O4.2ClH/c1-6-42-28-13-12-27(21-29(28)41(5)31(44)33(2,3)32(42)45)46-18-8-11-26-19-23(14-15-39-26)22-38-16-17-40(4)30(43)24-9-7-10-25(20-24)34(35,36)37;;/h7,9-10,12-15,19-21,38H,6,8,11,16-18,22H2,1-5H3;2*1H. The van der Waals surface area contributed by atoms with Crippen molar-refractivity contribution in [2.24, 2.45) is 5.41 Å². The second-order valence-electron chi connectivity index (χ2n) is 11.8. The lowest BCUT2D eigenvalue weighted by atomic mass is 9.90. The number of rotatable bonds is 12. The van der Waals surface area contributed by atoms with Crippen LogP contribution in [0.4, 0.5) is 24.5 Å². The molecule has 1 aliphatic rings. The lowest BCUT2D eigenvalue weighted by Gasteiger charge is -2.27. The molecular formula is C34H42Cl2F3N5O4. The number of hydrogen-bond acceptors (Lipinski definition) is 6. The quantitative estimate of drug-likeness (QED) is 0.178. The third kappa shape index (κ3) is 9.39. The number of halogens is 5. The molecule has 0 bridgehead atoms. The van der Waals surface area contributed by atoms with Crippen LogP contribution in [0.15, 0.2) is 60.8 Å². The molecule has 4 rings (SSSR count). The topological polar surface area (TPSA) is 95.1 Å². The van der Waals surface area contributed by atoms with Crippen LogP contribution in [-0.2, 0) is 28.7 Å². The van der Waals surface area contributed by atoms with E-state index in [0.717, 1.165) is 23.4 Å². The molecule has 262 valence electrons. The fourth-order valence-corrected chi connectivity index (χ4v) is 5.32. The predicted molar refractivity (Wildman–Crippen MR) is 184 cm³/mol. The Bertz CT molecular complexity index is 1590. The number of carbonyl (C=O) groups excluding carboxylic acids is 3. The minimum atomic E-state index is -4.51. The highest BCUT2D eigenvalue weighted by Crippen LogP contribution is 2.40. The maximum absolute atomic E-state index is 13.1. The van der Waals surface area contributed by atoms with Crippen molar-refractivity contribution in [2.45, 2.75) is 46.3 Å². The van der Waals surface area contributed by atoms with Crippen molar-refractivity contribution in [1.82, 2.24) is 15.2 Å². The average Bonchev–Trinajstić information content (AvgIpc) is 3.08. The molecule has 1 aliphatic heterocycles. The summed E-state index contributed by atoms with van der Waals surface area (Å²) in [6.45, 7) is 7.35. The molecule has 0 radical (unpaired) electrons. The zero-order valence-electron chi connectivity index (χ0n) is 27.6. The molecule has 9 nitrogen and oxygen atoms in total. The molecule has 0 saturated heterocycles. The first-order valence-corrected chi connectivity index (χ1v) is 15.2. The molecule has 2 heterocycles. The summed E-state index contributed by atoms with van der Waals surface area (Å²) in [5, 5.41) is 3.26. The molecule has 0 atom stereocenters. The van der Waals surface area contributed by atoms with E-state index < -0.39 is 23.1 Å². The van der Waals surface area contributed by atoms with Gasteiger partial charge in [-0.2, -0.15) is 13.2 Å². The van der Waals surface area contributed by atoms with Crippen LogP contribution in [0.5, 0.6) is 5.75 Å². The number of amides is 3. The van der Waals surface area contributed by atoms with Gasteiger partial charge in [0.15, 0.2) is 0 Å². The normalized spacial score (nSPS) is 14.0. The Labute approximate surface area is 291 Å². The van der Waals surface area contributed by atoms with Crippen molar-refractivity contribution in [3.8, 4) is 5.75 Å². The number of carbonyl (C=O) groups is 3. The van der Waals surface area contributed by atoms with E-state index >= 15 is 0 Å². The van der Waals surface area contributed by atoms with Crippen molar-refractivity contribution >= 4 is 53.9 Å². The van der Waals surface area contributed by atoms with Crippen LogP contribution in [0.3, 0.4) is 0 Å². The van der Waals surface area contributed by atoms with Crippen LogP contribution >= 0.6 is 24.8 Å². The summed E-state index contributed by atoms with van der Waals surface area (Å²) in [5.41, 5.74) is 1.16. The van der Waals surface area contributed by atoms with E-state index in [4.69, 9.17) is 4.74 Å². The number of likely N-dealkylation sites (N-methyl/N-ethyl adjacent to an activating group) is 1. The van der Waals surface area contributed by atoms with Gasteiger partial charge in [-0.25, -0.2) is 0 Å². The van der Waals surface area contributed by atoms with Crippen LogP contribution in [0.25, 0.3) is 0 Å². The van der Waals surface area contributed by atoms with Gasteiger partial charge in [-0.05, 0) is 81.6 Å². The predicted octanol–water partition coefficient (Wildman–Crippen LogP) is 6.17. The number of hydrogen-bond donors (Lipinski definition) is 1. The van der Waals surface area contributed by atoms with E-state index in [1.54, 1.807) is 51.2 Å². The van der Waals surface area contributed by atoms with Crippen molar-refractivity contribution < 1.29 is 32.3 Å². The lowest BCUT2D eigenvalue weighted by Crippen LogP contribution is -2.47. The molecule has 3 amide bonds. The van der Waals surface area contributed by atoms with Crippen LogP contribution in [0.2, 0.25) is 0 Å². The van der Waals surface area contributed by atoms with Crippen molar-refractivity contribution in [2.75, 3.05) is 50.1 Å². The van der Waals surface area contributed by atoms with Crippen LogP contribution in [-0.4, -0.2) is 67.9 Å². The monoisotopic (exact) mass is 711 g/mol. The smallest absolute Gasteiger partial charge is 0.416 e. The molecular weight excluding hydrogens is 670 g/mol. The summed E-state index contributed by atoms with van der Waals surface area (Å²) in [6, 6.07) is 13.7. The molecule has 1 N–H and O–H groups in total. The largest absolute Gasteiger partial charge is 0.494 e. The van der Waals surface area contributed by atoms with E-state index in [-0.39, 0.29) is 42.2 Å². The number of benzene rings is 2. The van der Waals surface area contributed by atoms with E-state index in [2.05, 4.69) is 10.3 Å². The fourth-order valence-electron chi connectivity index (χ4n) is 5.32.